The van der Waals surface area contributed by atoms with Crippen molar-refractivity contribution in [3.8, 4) is 0 Å². The predicted molar refractivity (Wildman–Crippen MR) is 57.8 cm³/mol. The molecular formula is C12H16O3. The molecule has 15 heavy (non-hydrogen) atoms. The number of carbonyl (C=O) groups excluding carboxylic acids is 1. The van der Waals surface area contributed by atoms with Crippen molar-refractivity contribution in [2.45, 2.75) is 12.8 Å². The van der Waals surface area contributed by atoms with Crippen molar-refractivity contribution in [2.75, 3.05) is 20.8 Å². The first kappa shape index (κ1) is 11.7. The van der Waals surface area contributed by atoms with Gasteiger partial charge in [0, 0.05) is 7.11 Å². The SMILES string of the molecule is COCC(C(=O)OC)c1ccccc1C. The van der Waals surface area contributed by atoms with Crippen molar-refractivity contribution >= 4 is 5.97 Å². The van der Waals surface area contributed by atoms with E-state index in [4.69, 9.17) is 9.47 Å². The standard InChI is InChI=1S/C12H16O3/c1-9-6-4-5-7-10(9)11(8-14-2)12(13)15-3/h4-7,11H,8H2,1-3H3. The van der Waals surface area contributed by atoms with Crippen LogP contribution in [0.4, 0.5) is 0 Å². The third kappa shape index (κ3) is 2.80. The molecule has 0 fully saturated rings. The summed E-state index contributed by atoms with van der Waals surface area (Å²) in [7, 11) is 2.97. The summed E-state index contributed by atoms with van der Waals surface area (Å²) in [6.45, 7) is 2.32. The van der Waals surface area contributed by atoms with Gasteiger partial charge in [-0.3, -0.25) is 4.79 Å². The van der Waals surface area contributed by atoms with E-state index in [9.17, 15) is 4.79 Å². The Balaban J connectivity index is 2.98. The molecule has 0 aromatic heterocycles. The second-order valence-corrected chi connectivity index (χ2v) is 3.39. The molecule has 0 aliphatic heterocycles. The van der Waals surface area contributed by atoms with Crippen LogP contribution in [0.5, 0.6) is 0 Å². The average Bonchev–Trinajstić information content (AvgIpc) is 2.26. The predicted octanol–water partition coefficient (Wildman–Crippen LogP) is 1.90. The molecule has 0 radical (unpaired) electrons. The lowest BCUT2D eigenvalue weighted by Gasteiger charge is -2.15. The van der Waals surface area contributed by atoms with Crippen molar-refractivity contribution < 1.29 is 14.3 Å². The Bertz CT molecular complexity index is 333. The maximum atomic E-state index is 11.6. The van der Waals surface area contributed by atoms with Crippen molar-refractivity contribution in [3.63, 3.8) is 0 Å². The van der Waals surface area contributed by atoms with Crippen LogP contribution in [0.3, 0.4) is 0 Å². The topological polar surface area (TPSA) is 35.5 Å². The van der Waals surface area contributed by atoms with Gasteiger partial charge in [0.15, 0.2) is 0 Å². The fourth-order valence-electron chi connectivity index (χ4n) is 1.57. The molecule has 1 unspecified atom stereocenters. The van der Waals surface area contributed by atoms with E-state index in [2.05, 4.69) is 0 Å². The number of esters is 1. The van der Waals surface area contributed by atoms with Gasteiger partial charge >= 0.3 is 5.97 Å². The molecule has 0 saturated heterocycles. The van der Waals surface area contributed by atoms with E-state index in [0.717, 1.165) is 11.1 Å². The van der Waals surface area contributed by atoms with Gasteiger partial charge in [-0.25, -0.2) is 0 Å². The number of hydrogen-bond donors (Lipinski definition) is 0. The van der Waals surface area contributed by atoms with Crippen LogP contribution < -0.4 is 0 Å². The van der Waals surface area contributed by atoms with Gasteiger partial charge in [0.2, 0.25) is 0 Å². The van der Waals surface area contributed by atoms with Gasteiger partial charge in [0.1, 0.15) is 5.92 Å². The molecule has 3 nitrogen and oxygen atoms in total. The van der Waals surface area contributed by atoms with Gasteiger partial charge in [-0.15, -0.1) is 0 Å². The Kier molecular flexibility index (Phi) is 4.31. The molecule has 0 heterocycles. The Morgan fingerprint density at radius 3 is 2.53 bits per heavy atom. The van der Waals surface area contributed by atoms with Crippen LogP contribution in [-0.4, -0.2) is 26.8 Å². The van der Waals surface area contributed by atoms with Crippen LogP contribution in [0.2, 0.25) is 0 Å². The van der Waals surface area contributed by atoms with E-state index in [1.807, 2.05) is 31.2 Å². The highest BCUT2D eigenvalue weighted by Gasteiger charge is 2.22. The van der Waals surface area contributed by atoms with Gasteiger partial charge in [0.05, 0.1) is 13.7 Å². The van der Waals surface area contributed by atoms with Crippen molar-refractivity contribution in [1.82, 2.24) is 0 Å². The number of hydrogen-bond acceptors (Lipinski definition) is 3. The maximum Gasteiger partial charge on any atom is 0.315 e. The lowest BCUT2D eigenvalue weighted by Crippen LogP contribution is -2.19. The largest absolute Gasteiger partial charge is 0.468 e. The zero-order valence-corrected chi connectivity index (χ0v) is 9.32. The summed E-state index contributed by atoms with van der Waals surface area (Å²) in [5, 5.41) is 0. The molecule has 0 spiro atoms. The zero-order chi connectivity index (χ0) is 11.3. The summed E-state index contributed by atoms with van der Waals surface area (Å²) in [4.78, 5) is 11.6. The highest BCUT2D eigenvalue weighted by molar-refractivity contribution is 5.78. The number of carbonyl (C=O) groups is 1. The van der Waals surface area contributed by atoms with Crippen LogP contribution in [0.1, 0.15) is 17.0 Å². The molecule has 0 aliphatic carbocycles. The Morgan fingerprint density at radius 2 is 2.00 bits per heavy atom. The van der Waals surface area contributed by atoms with Crippen molar-refractivity contribution in [3.05, 3.63) is 35.4 Å². The summed E-state index contributed by atoms with van der Waals surface area (Å²) in [6.07, 6.45) is 0. The molecule has 1 aromatic carbocycles. The molecule has 3 heteroatoms. The maximum absolute atomic E-state index is 11.6. The van der Waals surface area contributed by atoms with Crippen molar-refractivity contribution in [2.24, 2.45) is 0 Å². The van der Waals surface area contributed by atoms with Gasteiger partial charge in [-0.2, -0.15) is 0 Å². The van der Waals surface area contributed by atoms with E-state index in [1.54, 1.807) is 7.11 Å². The summed E-state index contributed by atoms with van der Waals surface area (Å²) >= 11 is 0. The summed E-state index contributed by atoms with van der Waals surface area (Å²) in [6, 6.07) is 7.75. The van der Waals surface area contributed by atoms with E-state index in [-0.39, 0.29) is 11.9 Å². The second-order valence-electron chi connectivity index (χ2n) is 3.39. The quantitative estimate of drug-likeness (QED) is 0.709. The molecule has 1 rings (SSSR count). The highest BCUT2D eigenvalue weighted by atomic mass is 16.5. The molecule has 82 valence electrons. The molecule has 0 N–H and O–H groups in total. The first-order valence-corrected chi connectivity index (χ1v) is 4.83. The third-order valence-electron chi connectivity index (χ3n) is 2.38. The van der Waals surface area contributed by atoms with E-state index in [1.165, 1.54) is 7.11 Å². The van der Waals surface area contributed by atoms with Gasteiger partial charge < -0.3 is 9.47 Å². The number of methoxy groups -OCH3 is 2. The monoisotopic (exact) mass is 208 g/mol. The van der Waals surface area contributed by atoms with Gasteiger partial charge in [0.25, 0.3) is 0 Å². The third-order valence-corrected chi connectivity index (χ3v) is 2.38. The highest BCUT2D eigenvalue weighted by Crippen LogP contribution is 2.21. The minimum atomic E-state index is -0.332. The van der Waals surface area contributed by atoms with Crippen LogP contribution >= 0.6 is 0 Å². The van der Waals surface area contributed by atoms with E-state index >= 15 is 0 Å². The number of benzene rings is 1. The van der Waals surface area contributed by atoms with Crippen LogP contribution in [0.25, 0.3) is 0 Å². The molecule has 1 aromatic rings. The van der Waals surface area contributed by atoms with Crippen molar-refractivity contribution in [1.29, 1.82) is 0 Å². The second kappa shape index (κ2) is 5.51. The lowest BCUT2D eigenvalue weighted by molar-refractivity contribution is -0.143. The fourth-order valence-corrected chi connectivity index (χ4v) is 1.57. The molecule has 1 atom stereocenters. The molecular weight excluding hydrogens is 192 g/mol. The minimum Gasteiger partial charge on any atom is -0.468 e. The Labute approximate surface area is 90.0 Å². The van der Waals surface area contributed by atoms with E-state index in [0.29, 0.717) is 6.61 Å². The van der Waals surface area contributed by atoms with Crippen LogP contribution in [0.15, 0.2) is 24.3 Å². The first-order chi connectivity index (χ1) is 7.20. The zero-order valence-electron chi connectivity index (χ0n) is 9.32. The Hall–Kier alpha value is -1.35. The van der Waals surface area contributed by atoms with E-state index < -0.39 is 0 Å². The molecule has 0 aliphatic rings. The normalized spacial score (nSPS) is 12.2. The summed E-state index contributed by atoms with van der Waals surface area (Å²) in [5.74, 6) is -0.590. The van der Waals surface area contributed by atoms with Gasteiger partial charge in [-0.1, -0.05) is 24.3 Å². The smallest absolute Gasteiger partial charge is 0.315 e. The molecule has 0 bridgehead atoms. The lowest BCUT2D eigenvalue weighted by atomic mass is 9.95. The minimum absolute atomic E-state index is 0.258. The Morgan fingerprint density at radius 1 is 1.33 bits per heavy atom. The number of aryl methyl sites for hydroxylation is 1. The van der Waals surface area contributed by atoms with Gasteiger partial charge in [-0.05, 0) is 18.1 Å². The first-order valence-electron chi connectivity index (χ1n) is 4.83. The number of ether oxygens (including phenoxy) is 2. The van der Waals surface area contributed by atoms with Crippen LogP contribution in [-0.2, 0) is 14.3 Å². The number of rotatable bonds is 4. The fraction of sp³-hybridized carbons (Fsp3) is 0.417. The molecule has 0 amide bonds. The summed E-state index contributed by atoms with van der Waals surface area (Å²) < 4.78 is 9.79. The average molecular weight is 208 g/mol. The van der Waals surface area contributed by atoms with Crippen LogP contribution in [0, 0.1) is 6.92 Å². The summed E-state index contributed by atoms with van der Waals surface area (Å²) in [5.41, 5.74) is 2.04. The molecule has 0 saturated carbocycles.